The molecule has 3 nitrogen and oxygen atoms in total. The summed E-state index contributed by atoms with van der Waals surface area (Å²) in [7, 11) is 0. The molecule has 0 aliphatic rings. The molecule has 1 aromatic carbocycles. The zero-order chi connectivity index (χ0) is 12.1. The third-order valence-electron chi connectivity index (χ3n) is 2.28. The van der Waals surface area contributed by atoms with Crippen molar-refractivity contribution >= 4 is 11.6 Å². The molecule has 0 spiro atoms. The number of hydrogen-bond donors (Lipinski definition) is 2. The largest absolute Gasteiger partial charge is 0.324 e. The molecule has 1 aromatic rings. The standard InChI is InChI=1S/C12H15FN2O/c1-3-5-10(14)12(16)15-11-7-4-6-9(13)8(11)2/h3-4,6-7,10H,1,5,14H2,2H3,(H,15,16). The summed E-state index contributed by atoms with van der Waals surface area (Å²) in [6.07, 6.45) is 1.96. The van der Waals surface area contributed by atoms with Crippen molar-refractivity contribution in [2.24, 2.45) is 5.73 Å². The molecule has 1 unspecified atom stereocenters. The Morgan fingerprint density at radius 2 is 2.38 bits per heavy atom. The Balaban J connectivity index is 2.77. The van der Waals surface area contributed by atoms with Gasteiger partial charge in [-0.05, 0) is 25.5 Å². The predicted octanol–water partition coefficient (Wildman–Crippen LogP) is 1.98. The minimum absolute atomic E-state index is 0.339. The Morgan fingerprint density at radius 1 is 1.69 bits per heavy atom. The van der Waals surface area contributed by atoms with Crippen molar-refractivity contribution in [2.45, 2.75) is 19.4 Å². The molecule has 1 rings (SSSR count). The van der Waals surface area contributed by atoms with Crippen molar-refractivity contribution < 1.29 is 9.18 Å². The average molecular weight is 222 g/mol. The Morgan fingerprint density at radius 3 is 3.00 bits per heavy atom. The lowest BCUT2D eigenvalue weighted by molar-refractivity contribution is -0.117. The molecule has 1 atom stereocenters. The van der Waals surface area contributed by atoms with E-state index in [1.54, 1.807) is 19.1 Å². The van der Waals surface area contributed by atoms with E-state index in [2.05, 4.69) is 11.9 Å². The van der Waals surface area contributed by atoms with Crippen molar-refractivity contribution in [1.82, 2.24) is 0 Å². The first-order valence-electron chi connectivity index (χ1n) is 4.98. The first-order chi connectivity index (χ1) is 7.56. The molecule has 0 heterocycles. The predicted molar refractivity (Wildman–Crippen MR) is 62.6 cm³/mol. The lowest BCUT2D eigenvalue weighted by Crippen LogP contribution is -2.35. The maximum Gasteiger partial charge on any atom is 0.241 e. The second kappa shape index (κ2) is 5.42. The summed E-state index contributed by atoms with van der Waals surface area (Å²) in [4.78, 5) is 11.6. The Labute approximate surface area is 94.1 Å². The number of carbonyl (C=O) groups is 1. The van der Waals surface area contributed by atoms with Crippen LogP contribution in [0.4, 0.5) is 10.1 Å². The van der Waals surface area contributed by atoms with Crippen LogP contribution < -0.4 is 11.1 Å². The van der Waals surface area contributed by atoms with Crippen LogP contribution >= 0.6 is 0 Å². The van der Waals surface area contributed by atoms with Gasteiger partial charge in [-0.25, -0.2) is 4.39 Å². The van der Waals surface area contributed by atoms with E-state index in [1.165, 1.54) is 12.1 Å². The van der Waals surface area contributed by atoms with Gasteiger partial charge in [0.15, 0.2) is 0 Å². The molecule has 0 bridgehead atoms. The third-order valence-corrected chi connectivity index (χ3v) is 2.28. The average Bonchev–Trinajstić information content (AvgIpc) is 2.25. The fraction of sp³-hybridized carbons (Fsp3) is 0.250. The highest BCUT2D eigenvalue weighted by Gasteiger charge is 2.13. The van der Waals surface area contributed by atoms with Crippen LogP contribution in [-0.2, 0) is 4.79 Å². The number of halogens is 1. The molecule has 0 saturated carbocycles. The minimum Gasteiger partial charge on any atom is -0.324 e. The summed E-state index contributed by atoms with van der Waals surface area (Å²) in [5.74, 6) is -0.691. The van der Waals surface area contributed by atoms with E-state index in [9.17, 15) is 9.18 Å². The Bertz CT molecular complexity index is 404. The van der Waals surface area contributed by atoms with E-state index in [0.717, 1.165) is 0 Å². The maximum atomic E-state index is 13.2. The highest BCUT2D eigenvalue weighted by Crippen LogP contribution is 2.17. The molecule has 1 amide bonds. The van der Waals surface area contributed by atoms with Crippen LogP contribution in [0.3, 0.4) is 0 Å². The fourth-order valence-electron chi connectivity index (χ4n) is 1.25. The van der Waals surface area contributed by atoms with Crippen LogP contribution in [0.2, 0.25) is 0 Å². The quantitative estimate of drug-likeness (QED) is 0.765. The van der Waals surface area contributed by atoms with Gasteiger partial charge in [-0.2, -0.15) is 0 Å². The number of anilines is 1. The molecule has 0 saturated heterocycles. The van der Waals surface area contributed by atoms with Gasteiger partial charge in [-0.1, -0.05) is 12.1 Å². The van der Waals surface area contributed by atoms with E-state index >= 15 is 0 Å². The van der Waals surface area contributed by atoms with Crippen LogP contribution in [0, 0.1) is 12.7 Å². The zero-order valence-corrected chi connectivity index (χ0v) is 9.16. The molecule has 4 heteroatoms. The molecule has 0 radical (unpaired) electrons. The van der Waals surface area contributed by atoms with E-state index < -0.39 is 6.04 Å². The third kappa shape index (κ3) is 2.90. The smallest absolute Gasteiger partial charge is 0.241 e. The summed E-state index contributed by atoms with van der Waals surface area (Å²) in [6, 6.07) is 3.86. The number of amides is 1. The van der Waals surface area contributed by atoms with E-state index in [-0.39, 0.29) is 11.7 Å². The van der Waals surface area contributed by atoms with Crippen LogP contribution in [0.1, 0.15) is 12.0 Å². The lowest BCUT2D eigenvalue weighted by Gasteiger charge is -2.12. The Hall–Kier alpha value is -1.68. The molecular formula is C12H15FN2O. The van der Waals surface area contributed by atoms with Crippen molar-refractivity contribution in [1.29, 1.82) is 0 Å². The monoisotopic (exact) mass is 222 g/mol. The van der Waals surface area contributed by atoms with Gasteiger partial charge in [0, 0.05) is 11.3 Å². The van der Waals surface area contributed by atoms with Crippen molar-refractivity contribution in [2.75, 3.05) is 5.32 Å². The highest BCUT2D eigenvalue weighted by atomic mass is 19.1. The molecule has 0 aliphatic carbocycles. The molecule has 0 aliphatic heterocycles. The minimum atomic E-state index is -0.653. The van der Waals surface area contributed by atoms with Crippen LogP contribution in [0.5, 0.6) is 0 Å². The fourth-order valence-corrected chi connectivity index (χ4v) is 1.25. The lowest BCUT2D eigenvalue weighted by atomic mass is 10.1. The van der Waals surface area contributed by atoms with Crippen LogP contribution in [0.15, 0.2) is 30.9 Å². The summed E-state index contributed by atoms with van der Waals surface area (Å²) in [6.45, 7) is 5.10. The summed E-state index contributed by atoms with van der Waals surface area (Å²) < 4.78 is 13.2. The topological polar surface area (TPSA) is 55.1 Å². The second-order valence-electron chi connectivity index (χ2n) is 3.53. The van der Waals surface area contributed by atoms with Crippen LogP contribution in [0.25, 0.3) is 0 Å². The number of benzene rings is 1. The van der Waals surface area contributed by atoms with Gasteiger partial charge < -0.3 is 11.1 Å². The number of carbonyl (C=O) groups excluding carboxylic acids is 1. The first kappa shape index (κ1) is 12.4. The highest BCUT2D eigenvalue weighted by molar-refractivity contribution is 5.95. The number of nitrogens with one attached hydrogen (secondary N) is 1. The normalized spacial score (nSPS) is 11.9. The van der Waals surface area contributed by atoms with E-state index in [0.29, 0.717) is 17.7 Å². The van der Waals surface area contributed by atoms with Crippen molar-refractivity contribution in [3.63, 3.8) is 0 Å². The van der Waals surface area contributed by atoms with Gasteiger partial charge >= 0.3 is 0 Å². The van der Waals surface area contributed by atoms with Gasteiger partial charge in [0.05, 0.1) is 6.04 Å². The van der Waals surface area contributed by atoms with Gasteiger partial charge in [0.25, 0.3) is 0 Å². The molecule has 0 fully saturated rings. The van der Waals surface area contributed by atoms with Crippen LogP contribution in [-0.4, -0.2) is 11.9 Å². The summed E-state index contributed by atoms with van der Waals surface area (Å²) in [5.41, 5.74) is 6.44. The molecule has 86 valence electrons. The molecular weight excluding hydrogens is 207 g/mol. The van der Waals surface area contributed by atoms with Gasteiger partial charge in [-0.3, -0.25) is 4.79 Å². The number of nitrogens with two attached hydrogens (primary N) is 1. The molecule has 3 N–H and O–H groups in total. The van der Waals surface area contributed by atoms with E-state index in [4.69, 9.17) is 5.73 Å². The van der Waals surface area contributed by atoms with E-state index in [1.807, 2.05) is 0 Å². The van der Waals surface area contributed by atoms with Gasteiger partial charge in [-0.15, -0.1) is 6.58 Å². The zero-order valence-electron chi connectivity index (χ0n) is 9.16. The first-order valence-corrected chi connectivity index (χ1v) is 4.98. The van der Waals surface area contributed by atoms with Crippen molar-refractivity contribution in [3.8, 4) is 0 Å². The summed E-state index contributed by atoms with van der Waals surface area (Å²) in [5, 5.41) is 2.58. The maximum absolute atomic E-state index is 13.2. The summed E-state index contributed by atoms with van der Waals surface area (Å²) >= 11 is 0. The molecule has 16 heavy (non-hydrogen) atoms. The number of hydrogen-bond acceptors (Lipinski definition) is 2. The molecule has 0 aromatic heterocycles. The van der Waals surface area contributed by atoms with Crippen molar-refractivity contribution in [3.05, 3.63) is 42.2 Å². The SMILES string of the molecule is C=CCC(N)C(=O)Nc1cccc(F)c1C. The Kier molecular flexibility index (Phi) is 4.19. The van der Waals surface area contributed by atoms with Gasteiger partial charge in [0.2, 0.25) is 5.91 Å². The second-order valence-corrected chi connectivity index (χ2v) is 3.53. The van der Waals surface area contributed by atoms with Gasteiger partial charge in [0.1, 0.15) is 5.82 Å². The number of rotatable bonds is 4.